The van der Waals surface area contributed by atoms with E-state index in [0.29, 0.717) is 11.8 Å². The van der Waals surface area contributed by atoms with Gasteiger partial charge in [0.25, 0.3) is 0 Å². The predicted octanol–water partition coefficient (Wildman–Crippen LogP) is 2.67. The van der Waals surface area contributed by atoms with Crippen LogP contribution in [-0.4, -0.2) is 24.2 Å². The van der Waals surface area contributed by atoms with E-state index < -0.39 is 0 Å². The number of hydrogen-bond acceptors (Lipinski definition) is 3. The lowest BCUT2D eigenvalue weighted by Gasteiger charge is -2.08. The van der Waals surface area contributed by atoms with Crippen LogP contribution >= 0.6 is 31.9 Å². The Morgan fingerprint density at radius 3 is 2.53 bits per heavy atom. The zero-order valence-electron chi connectivity index (χ0n) is 9.33. The molecule has 17 heavy (non-hydrogen) atoms. The molecular formula is C12H12Br2O3. The summed E-state index contributed by atoms with van der Waals surface area (Å²) in [5.41, 5.74) is 1.68. The highest BCUT2D eigenvalue weighted by Gasteiger charge is 2.11. The summed E-state index contributed by atoms with van der Waals surface area (Å²) in [6.07, 6.45) is 0.506. The molecular weight excluding hydrogens is 352 g/mol. The summed E-state index contributed by atoms with van der Waals surface area (Å²) >= 11 is 6.47. The van der Waals surface area contributed by atoms with Gasteiger partial charge in [0, 0.05) is 10.9 Å². The zero-order valence-corrected chi connectivity index (χ0v) is 12.5. The molecule has 0 unspecified atom stereocenters. The van der Waals surface area contributed by atoms with Gasteiger partial charge in [0.15, 0.2) is 0 Å². The maximum atomic E-state index is 11.4. The smallest absolute Gasteiger partial charge is 0.309 e. The Bertz CT molecular complexity index is 430. The quantitative estimate of drug-likeness (QED) is 0.596. The number of ether oxygens (including phenoxy) is 1. The molecule has 92 valence electrons. The first-order chi connectivity index (χ1) is 8.06. The number of hydrogen-bond donors (Lipinski definition) is 0. The highest BCUT2D eigenvalue weighted by atomic mass is 79.9. The molecule has 0 fully saturated rings. The highest BCUT2D eigenvalue weighted by molar-refractivity contribution is 9.10. The van der Waals surface area contributed by atoms with Crippen molar-refractivity contribution in [3.8, 4) is 0 Å². The maximum Gasteiger partial charge on any atom is 0.309 e. The molecule has 0 atom stereocenters. The summed E-state index contributed by atoms with van der Waals surface area (Å²) < 4.78 is 5.51. The Morgan fingerprint density at radius 1 is 1.24 bits per heavy atom. The van der Waals surface area contributed by atoms with Crippen LogP contribution in [0, 0.1) is 0 Å². The van der Waals surface area contributed by atoms with Crippen molar-refractivity contribution in [3.63, 3.8) is 0 Å². The molecule has 1 aromatic carbocycles. The topological polar surface area (TPSA) is 43.4 Å². The van der Waals surface area contributed by atoms with E-state index in [0.717, 1.165) is 15.6 Å². The van der Waals surface area contributed by atoms with Crippen LogP contribution in [-0.2, 0) is 27.2 Å². The van der Waals surface area contributed by atoms with Crippen LogP contribution in [0.4, 0.5) is 0 Å². The van der Waals surface area contributed by atoms with Gasteiger partial charge in [0.2, 0.25) is 0 Å². The first kappa shape index (κ1) is 14.4. The Hall–Kier alpha value is -0.680. The number of alkyl halides is 1. The van der Waals surface area contributed by atoms with Gasteiger partial charge in [-0.05, 0) is 23.3 Å². The molecule has 0 N–H and O–H groups in total. The lowest BCUT2D eigenvalue weighted by Crippen LogP contribution is -2.10. The van der Waals surface area contributed by atoms with Crippen molar-refractivity contribution in [2.75, 3.05) is 12.4 Å². The van der Waals surface area contributed by atoms with Gasteiger partial charge in [-0.15, -0.1) is 0 Å². The van der Waals surface area contributed by atoms with Gasteiger partial charge in [-0.3, -0.25) is 9.59 Å². The van der Waals surface area contributed by atoms with Crippen LogP contribution < -0.4 is 0 Å². The van der Waals surface area contributed by atoms with Gasteiger partial charge in [-0.25, -0.2) is 0 Å². The molecule has 0 saturated heterocycles. The molecule has 0 spiro atoms. The average molecular weight is 364 g/mol. The number of Topliss-reactive ketones (excluding diaryl/α,β-unsaturated/α-hetero) is 1. The number of methoxy groups -OCH3 is 1. The van der Waals surface area contributed by atoms with E-state index in [2.05, 4.69) is 36.6 Å². The zero-order chi connectivity index (χ0) is 12.8. The first-order valence-electron chi connectivity index (χ1n) is 4.98. The van der Waals surface area contributed by atoms with E-state index in [1.165, 1.54) is 7.11 Å². The minimum Gasteiger partial charge on any atom is -0.469 e. The number of rotatable bonds is 5. The fourth-order valence-electron chi connectivity index (χ4n) is 1.42. The summed E-state index contributed by atoms with van der Waals surface area (Å²) in [6, 6.07) is 5.55. The minimum atomic E-state index is -0.310. The van der Waals surface area contributed by atoms with E-state index in [-0.39, 0.29) is 18.2 Å². The van der Waals surface area contributed by atoms with Gasteiger partial charge >= 0.3 is 5.97 Å². The van der Waals surface area contributed by atoms with Crippen molar-refractivity contribution < 1.29 is 14.3 Å². The lowest BCUT2D eigenvalue weighted by atomic mass is 10.0. The first-order valence-corrected chi connectivity index (χ1v) is 6.90. The number of carbonyl (C=O) groups is 2. The molecule has 0 aliphatic carbocycles. The normalized spacial score (nSPS) is 10.1. The standard InChI is InChI=1S/C12H12Br2O3/c1-17-12(16)6-9-4-10(14)3-2-8(9)5-11(15)7-13/h2-4H,5-7H2,1H3. The molecule has 0 aromatic heterocycles. The predicted molar refractivity (Wildman–Crippen MR) is 72.4 cm³/mol. The third-order valence-corrected chi connectivity index (χ3v) is 3.39. The third-order valence-electron chi connectivity index (χ3n) is 2.27. The van der Waals surface area contributed by atoms with Crippen molar-refractivity contribution in [3.05, 3.63) is 33.8 Å². The van der Waals surface area contributed by atoms with Gasteiger partial charge in [-0.1, -0.05) is 37.9 Å². The molecule has 0 radical (unpaired) electrons. The Labute approximate surface area is 117 Å². The van der Waals surface area contributed by atoms with Crippen molar-refractivity contribution in [1.29, 1.82) is 0 Å². The Kier molecular flexibility index (Phi) is 5.85. The number of halogens is 2. The largest absolute Gasteiger partial charge is 0.469 e. The molecule has 1 rings (SSSR count). The summed E-state index contributed by atoms with van der Waals surface area (Å²) in [4.78, 5) is 22.7. The van der Waals surface area contributed by atoms with Crippen LogP contribution in [0.15, 0.2) is 22.7 Å². The lowest BCUT2D eigenvalue weighted by molar-refractivity contribution is -0.139. The van der Waals surface area contributed by atoms with Crippen LogP contribution in [0.2, 0.25) is 0 Å². The van der Waals surface area contributed by atoms with Gasteiger partial charge < -0.3 is 4.74 Å². The Morgan fingerprint density at radius 2 is 1.94 bits per heavy atom. The van der Waals surface area contributed by atoms with Crippen molar-refractivity contribution in [2.24, 2.45) is 0 Å². The molecule has 5 heteroatoms. The molecule has 0 bridgehead atoms. The van der Waals surface area contributed by atoms with Gasteiger partial charge in [-0.2, -0.15) is 0 Å². The summed E-state index contributed by atoms with van der Waals surface area (Å²) in [6.45, 7) is 0. The monoisotopic (exact) mass is 362 g/mol. The van der Waals surface area contributed by atoms with Crippen molar-refractivity contribution in [1.82, 2.24) is 0 Å². The van der Waals surface area contributed by atoms with E-state index in [4.69, 9.17) is 0 Å². The van der Waals surface area contributed by atoms with E-state index in [1.54, 1.807) is 0 Å². The molecule has 0 heterocycles. The highest BCUT2D eigenvalue weighted by Crippen LogP contribution is 2.18. The summed E-state index contributed by atoms with van der Waals surface area (Å²) in [7, 11) is 1.35. The number of ketones is 1. The third kappa shape index (κ3) is 4.60. The summed E-state index contributed by atoms with van der Waals surface area (Å²) in [5, 5.41) is 0.320. The van der Waals surface area contributed by atoms with E-state index >= 15 is 0 Å². The number of carbonyl (C=O) groups excluding carboxylic acids is 2. The van der Waals surface area contributed by atoms with Gasteiger partial charge in [0.05, 0.1) is 18.9 Å². The summed E-state index contributed by atoms with van der Waals surface area (Å²) in [5.74, 6) is -0.228. The fourth-order valence-corrected chi connectivity index (χ4v) is 2.03. The second-order valence-corrected chi connectivity index (χ2v) is 4.99. The van der Waals surface area contributed by atoms with Gasteiger partial charge in [0.1, 0.15) is 5.78 Å². The van der Waals surface area contributed by atoms with Crippen molar-refractivity contribution >= 4 is 43.6 Å². The van der Waals surface area contributed by atoms with Crippen LogP contribution in [0.25, 0.3) is 0 Å². The Balaban J connectivity index is 2.95. The molecule has 0 aliphatic heterocycles. The SMILES string of the molecule is COC(=O)Cc1cc(Br)ccc1CC(=O)CBr. The second kappa shape index (κ2) is 6.91. The van der Waals surface area contributed by atoms with Crippen LogP contribution in [0.5, 0.6) is 0 Å². The van der Waals surface area contributed by atoms with E-state index in [9.17, 15) is 9.59 Å². The average Bonchev–Trinajstić information content (AvgIpc) is 2.32. The molecule has 0 amide bonds. The fraction of sp³-hybridized carbons (Fsp3) is 0.333. The van der Waals surface area contributed by atoms with Crippen LogP contribution in [0.1, 0.15) is 11.1 Å². The minimum absolute atomic E-state index is 0.0819. The molecule has 3 nitrogen and oxygen atoms in total. The number of esters is 1. The van der Waals surface area contributed by atoms with Crippen molar-refractivity contribution in [2.45, 2.75) is 12.8 Å². The molecule has 1 aromatic rings. The second-order valence-electron chi connectivity index (χ2n) is 3.52. The van der Waals surface area contributed by atoms with E-state index in [1.807, 2.05) is 18.2 Å². The maximum absolute atomic E-state index is 11.4. The number of benzene rings is 1. The molecule has 0 aliphatic rings. The van der Waals surface area contributed by atoms with Crippen LogP contribution in [0.3, 0.4) is 0 Å². The molecule has 0 saturated carbocycles.